The molecule has 0 aliphatic carbocycles. The van der Waals surface area contributed by atoms with Gasteiger partial charge in [-0.2, -0.15) is 0 Å². The van der Waals surface area contributed by atoms with Crippen molar-refractivity contribution in [2.24, 2.45) is 0 Å². The highest BCUT2D eigenvalue weighted by atomic mass is 32.2. The van der Waals surface area contributed by atoms with Gasteiger partial charge in [0.25, 0.3) is 10.0 Å². The van der Waals surface area contributed by atoms with E-state index < -0.39 is 10.0 Å². The lowest BCUT2D eigenvalue weighted by molar-refractivity contribution is 0.393. The summed E-state index contributed by atoms with van der Waals surface area (Å²) in [6.07, 6.45) is 0.820. The van der Waals surface area contributed by atoms with Crippen molar-refractivity contribution in [3.63, 3.8) is 0 Å². The molecule has 0 spiro atoms. The Labute approximate surface area is 159 Å². The van der Waals surface area contributed by atoms with E-state index in [0.29, 0.717) is 22.7 Å². The van der Waals surface area contributed by atoms with E-state index in [2.05, 4.69) is 9.88 Å². The fourth-order valence-electron chi connectivity index (χ4n) is 3.00. The molecule has 6 nitrogen and oxygen atoms in total. The molecule has 0 atom stereocenters. The quantitative estimate of drug-likeness (QED) is 0.682. The number of benzene rings is 2. The first-order valence-corrected chi connectivity index (χ1v) is 10.1. The fraction of sp³-hybridized carbons (Fsp3) is 0.250. The van der Waals surface area contributed by atoms with Crippen LogP contribution in [0.5, 0.6) is 5.75 Å². The second kappa shape index (κ2) is 7.44. The Morgan fingerprint density at radius 2 is 1.93 bits per heavy atom. The van der Waals surface area contributed by atoms with Crippen LogP contribution in [-0.2, 0) is 16.4 Å². The van der Waals surface area contributed by atoms with Gasteiger partial charge in [0.1, 0.15) is 16.4 Å². The molecule has 0 fully saturated rings. The molecule has 3 aromatic rings. The second-order valence-electron chi connectivity index (χ2n) is 6.22. The molecular weight excluding hydrogens is 364 g/mol. The summed E-state index contributed by atoms with van der Waals surface area (Å²) in [5.41, 5.74) is 3.74. The number of rotatable bonds is 6. The maximum absolute atomic E-state index is 13.0. The molecule has 0 aliphatic rings. The van der Waals surface area contributed by atoms with E-state index in [9.17, 15) is 8.42 Å². The van der Waals surface area contributed by atoms with E-state index in [4.69, 9.17) is 9.26 Å². The van der Waals surface area contributed by atoms with Gasteiger partial charge in [-0.15, -0.1) is 0 Å². The Morgan fingerprint density at radius 3 is 2.56 bits per heavy atom. The minimum Gasteiger partial charge on any atom is -0.495 e. The Kier molecular flexibility index (Phi) is 5.23. The van der Waals surface area contributed by atoms with Gasteiger partial charge in [0, 0.05) is 11.3 Å². The summed E-state index contributed by atoms with van der Waals surface area (Å²) in [5.74, 6) is 0.897. The van der Waals surface area contributed by atoms with Crippen molar-refractivity contribution in [1.82, 2.24) is 5.16 Å². The van der Waals surface area contributed by atoms with Crippen molar-refractivity contribution >= 4 is 15.7 Å². The van der Waals surface area contributed by atoms with Crippen molar-refractivity contribution in [2.75, 3.05) is 11.8 Å². The van der Waals surface area contributed by atoms with Gasteiger partial charge in [0.15, 0.2) is 0 Å². The third kappa shape index (κ3) is 3.83. The van der Waals surface area contributed by atoms with Crippen molar-refractivity contribution in [2.45, 2.75) is 32.1 Å². The van der Waals surface area contributed by atoms with E-state index in [0.717, 1.165) is 17.5 Å². The number of aromatic nitrogens is 1. The molecule has 0 amide bonds. The van der Waals surface area contributed by atoms with Crippen LogP contribution < -0.4 is 9.46 Å². The number of hydrogen-bond donors (Lipinski definition) is 1. The van der Waals surface area contributed by atoms with Crippen molar-refractivity contribution in [1.29, 1.82) is 0 Å². The molecule has 0 saturated carbocycles. The predicted octanol–water partition coefficient (Wildman–Crippen LogP) is 4.33. The first-order valence-electron chi connectivity index (χ1n) is 8.58. The normalized spacial score (nSPS) is 11.4. The van der Waals surface area contributed by atoms with Crippen molar-refractivity contribution in [3.05, 3.63) is 59.5 Å². The smallest absolute Gasteiger partial charge is 0.265 e. The van der Waals surface area contributed by atoms with Crippen LogP contribution in [0.3, 0.4) is 0 Å². The van der Waals surface area contributed by atoms with Gasteiger partial charge in [-0.25, -0.2) is 8.42 Å². The number of nitrogens with zero attached hydrogens (tertiary/aromatic N) is 1. The van der Waals surface area contributed by atoms with Crippen LogP contribution in [0.1, 0.15) is 23.9 Å². The first kappa shape index (κ1) is 19.0. The fourth-order valence-corrected chi connectivity index (χ4v) is 4.25. The number of ether oxygens (including phenoxy) is 1. The van der Waals surface area contributed by atoms with E-state index >= 15 is 0 Å². The van der Waals surface area contributed by atoms with Gasteiger partial charge < -0.3 is 9.26 Å². The van der Waals surface area contributed by atoms with Crippen molar-refractivity contribution < 1.29 is 17.7 Å². The van der Waals surface area contributed by atoms with Crippen molar-refractivity contribution in [3.8, 4) is 16.9 Å². The summed E-state index contributed by atoms with van der Waals surface area (Å²) in [6, 6.07) is 12.3. The Morgan fingerprint density at radius 1 is 1.15 bits per heavy atom. The van der Waals surface area contributed by atoms with Crippen LogP contribution in [0, 0.1) is 13.8 Å². The number of aryl methyl sites for hydroxylation is 3. The number of anilines is 1. The highest BCUT2D eigenvalue weighted by Crippen LogP contribution is 2.34. The van der Waals surface area contributed by atoms with Gasteiger partial charge in [-0.3, -0.25) is 4.72 Å². The van der Waals surface area contributed by atoms with Gasteiger partial charge in [-0.05, 0) is 55.7 Å². The van der Waals surface area contributed by atoms with Gasteiger partial charge in [0.2, 0.25) is 0 Å². The molecule has 0 aliphatic heterocycles. The zero-order chi connectivity index (χ0) is 19.6. The van der Waals surface area contributed by atoms with E-state index in [1.54, 1.807) is 31.2 Å². The largest absolute Gasteiger partial charge is 0.495 e. The van der Waals surface area contributed by atoms with Crippen LogP contribution in [-0.4, -0.2) is 20.7 Å². The van der Waals surface area contributed by atoms with E-state index in [1.165, 1.54) is 7.11 Å². The molecule has 0 unspecified atom stereocenters. The lowest BCUT2D eigenvalue weighted by Crippen LogP contribution is -2.14. The molecule has 27 heavy (non-hydrogen) atoms. The van der Waals surface area contributed by atoms with Crippen LogP contribution >= 0.6 is 0 Å². The molecular formula is C20H22N2O4S. The molecule has 2 aromatic carbocycles. The summed E-state index contributed by atoms with van der Waals surface area (Å²) in [5, 5.41) is 3.94. The molecule has 0 radical (unpaired) electrons. The van der Waals surface area contributed by atoms with Crippen LogP contribution in [0.4, 0.5) is 5.69 Å². The van der Waals surface area contributed by atoms with Gasteiger partial charge >= 0.3 is 0 Å². The third-order valence-electron chi connectivity index (χ3n) is 4.36. The molecule has 3 rings (SSSR count). The molecule has 1 aromatic heterocycles. The lowest BCUT2D eigenvalue weighted by Gasteiger charge is -2.14. The lowest BCUT2D eigenvalue weighted by atomic mass is 10.0. The zero-order valence-corrected chi connectivity index (χ0v) is 16.6. The zero-order valence-electron chi connectivity index (χ0n) is 15.7. The highest BCUT2D eigenvalue weighted by Gasteiger charge is 2.22. The Hall–Kier alpha value is -2.80. The standard InChI is InChI=1S/C20H22N2O4S/c1-5-15-7-6-8-17(11-15)22-27(23,24)19-12-16(9-10-18(19)25-4)20-13(2)21-26-14(20)3/h6-12,22H,5H2,1-4H3. The number of nitrogens with one attached hydrogen (secondary N) is 1. The number of hydrogen-bond acceptors (Lipinski definition) is 5. The number of sulfonamides is 1. The minimum atomic E-state index is -3.85. The van der Waals surface area contributed by atoms with Crippen LogP contribution in [0.25, 0.3) is 11.1 Å². The van der Waals surface area contributed by atoms with E-state index in [-0.39, 0.29) is 10.6 Å². The topological polar surface area (TPSA) is 81.4 Å². The molecule has 7 heteroatoms. The first-order chi connectivity index (χ1) is 12.9. The van der Waals surface area contributed by atoms with E-state index in [1.807, 2.05) is 32.0 Å². The number of methoxy groups -OCH3 is 1. The average molecular weight is 386 g/mol. The van der Waals surface area contributed by atoms with Crippen LogP contribution in [0.15, 0.2) is 51.9 Å². The SMILES string of the molecule is CCc1cccc(NS(=O)(=O)c2cc(-c3c(C)noc3C)ccc2OC)c1. The Bertz CT molecular complexity index is 1050. The summed E-state index contributed by atoms with van der Waals surface area (Å²) >= 11 is 0. The molecule has 0 bridgehead atoms. The van der Waals surface area contributed by atoms with Gasteiger partial charge in [-0.1, -0.05) is 30.3 Å². The summed E-state index contributed by atoms with van der Waals surface area (Å²) in [7, 11) is -2.40. The monoisotopic (exact) mass is 386 g/mol. The molecule has 142 valence electrons. The summed E-state index contributed by atoms with van der Waals surface area (Å²) in [6.45, 7) is 5.63. The Balaban J connectivity index is 2.07. The van der Waals surface area contributed by atoms with Crippen LogP contribution in [0.2, 0.25) is 0 Å². The third-order valence-corrected chi connectivity index (χ3v) is 5.77. The summed E-state index contributed by atoms with van der Waals surface area (Å²) in [4.78, 5) is 0.0596. The summed E-state index contributed by atoms with van der Waals surface area (Å²) < 4.78 is 39.2. The predicted molar refractivity (Wildman–Crippen MR) is 105 cm³/mol. The maximum atomic E-state index is 13.0. The molecule has 1 N–H and O–H groups in total. The van der Waals surface area contributed by atoms with Gasteiger partial charge in [0.05, 0.1) is 12.8 Å². The highest BCUT2D eigenvalue weighted by molar-refractivity contribution is 7.92. The minimum absolute atomic E-state index is 0.0596. The maximum Gasteiger partial charge on any atom is 0.265 e. The molecule has 1 heterocycles. The average Bonchev–Trinajstić information content (AvgIpc) is 2.99. The second-order valence-corrected chi connectivity index (χ2v) is 7.88. The molecule has 0 saturated heterocycles.